The van der Waals surface area contributed by atoms with Crippen LogP contribution in [0.5, 0.6) is 0 Å². The molecule has 0 aromatic carbocycles. The maximum atomic E-state index is 10.7. The van der Waals surface area contributed by atoms with Crippen LogP contribution in [0.3, 0.4) is 0 Å². The van der Waals surface area contributed by atoms with Crippen LogP contribution in [0.25, 0.3) is 0 Å². The van der Waals surface area contributed by atoms with Crippen LogP contribution in [-0.2, 0) is 9.53 Å². The van der Waals surface area contributed by atoms with Crippen LogP contribution in [0.1, 0.15) is 0 Å². The molecule has 0 aromatic heterocycles. The van der Waals surface area contributed by atoms with E-state index in [0.717, 1.165) is 0 Å². The monoisotopic (exact) mass is 238 g/mol. The van der Waals surface area contributed by atoms with Gasteiger partial charge < -0.3 is 4.74 Å². The van der Waals surface area contributed by atoms with Gasteiger partial charge in [0, 0.05) is 0 Å². The highest BCUT2D eigenvalue weighted by atomic mass is 35.5. The van der Waals surface area contributed by atoms with Crippen LogP contribution in [-0.4, -0.2) is 28.7 Å². The van der Waals surface area contributed by atoms with E-state index in [2.05, 4.69) is 4.74 Å². The van der Waals surface area contributed by atoms with Crippen molar-refractivity contribution in [2.75, 3.05) is 7.11 Å². The van der Waals surface area contributed by atoms with Gasteiger partial charge in [0.05, 0.1) is 12.5 Å². The van der Waals surface area contributed by atoms with Crippen LogP contribution in [0.2, 0.25) is 0 Å². The van der Waals surface area contributed by atoms with Crippen LogP contribution in [0.4, 0.5) is 0 Å². The van der Waals surface area contributed by atoms with E-state index in [1.807, 2.05) is 0 Å². The third kappa shape index (κ3) is 3.70. The highest BCUT2D eigenvalue weighted by Crippen LogP contribution is 2.22. The molecule has 0 aliphatic heterocycles. The minimum absolute atomic E-state index is 0.641. The van der Waals surface area contributed by atoms with E-state index in [1.165, 1.54) is 7.11 Å². The number of alkyl halides is 4. The highest BCUT2D eigenvalue weighted by Gasteiger charge is 2.29. The first-order valence-corrected chi connectivity index (χ1v) is 4.39. The van der Waals surface area contributed by atoms with Crippen molar-refractivity contribution in [2.45, 2.75) is 15.6 Å². The van der Waals surface area contributed by atoms with E-state index in [9.17, 15) is 4.79 Å². The molecule has 0 saturated carbocycles. The highest BCUT2D eigenvalue weighted by molar-refractivity contribution is 6.50. The van der Waals surface area contributed by atoms with Gasteiger partial charge in [-0.2, -0.15) is 0 Å². The molecule has 6 heteroatoms. The lowest BCUT2D eigenvalue weighted by Crippen LogP contribution is -2.30. The molecule has 0 radical (unpaired) electrons. The predicted octanol–water partition coefficient (Wildman–Crippen LogP) is 2.18. The topological polar surface area (TPSA) is 26.3 Å². The molecule has 11 heavy (non-hydrogen) atoms. The average molecular weight is 240 g/mol. The van der Waals surface area contributed by atoms with Crippen LogP contribution < -0.4 is 0 Å². The second-order valence-electron chi connectivity index (χ2n) is 1.70. The Balaban J connectivity index is 4.01. The van der Waals surface area contributed by atoms with Crippen molar-refractivity contribution >= 4 is 52.4 Å². The number of carbonyl (C=O) groups is 1. The minimum atomic E-state index is -1.01. The Labute approximate surface area is 84.7 Å². The van der Waals surface area contributed by atoms with Crippen molar-refractivity contribution in [1.82, 2.24) is 0 Å². The summed E-state index contributed by atoms with van der Waals surface area (Å²) in [5, 5.41) is -1.85. The maximum absolute atomic E-state index is 10.7. The standard InChI is InChI=1S/C5H6Cl4O2/c1-11-5(10)3(7)2(6)4(8)9/h2-4H,1H3. The van der Waals surface area contributed by atoms with Crippen molar-refractivity contribution in [3.63, 3.8) is 0 Å². The number of rotatable bonds is 3. The van der Waals surface area contributed by atoms with E-state index in [1.54, 1.807) is 0 Å². The fourth-order valence-electron chi connectivity index (χ4n) is 0.370. The van der Waals surface area contributed by atoms with Gasteiger partial charge in [0.1, 0.15) is 10.2 Å². The Morgan fingerprint density at radius 1 is 1.27 bits per heavy atom. The van der Waals surface area contributed by atoms with E-state index >= 15 is 0 Å². The largest absolute Gasteiger partial charge is 0.468 e. The molecule has 0 fully saturated rings. The van der Waals surface area contributed by atoms with Gasteiger partial charge in [-0.1, -0.05) is 0 Å². The lowest BCUT2D eigenvalue weighted by molar-refractivity contribution is -0.140. The lowest BCUT2D eigenvalue weighted by atomic mass is 10.3. The van der Waals surface area contributed by atoms with Crippen LogP contribution in [0, 0.1) is 0 Å². The first kappa shape index (κ1) is 11.6. The van der Waals surface area contributed by atoms with E-state index in [0.29, 0.717) is 0 Å². The molecule has 66 valence electrons. The molecule has 0 aliphatic carbocycles. The molecular weight excluding hydrogens is 234 g/mol. The minimum Gasteiger partial charge on any atom is -0.468 e. The molecule has 0 amide bonds. The summed E-state index contributed by atoms with van der Waals surface area (Å²) in [6.45, 7) is 0. The number of hydrogen-bond donors (Lipinski definition) is 0. The fraction of sp³-hybridized carbons (Fsp3) is 0.800. The zero-order valence-corrected chi connectivity index (χ0v) is 8.58. The number of ether oxygens (including phenoxy) is 1. The summed E-state index contributed by atoms with van der Waals surface area (Å²) < 4.78 is 4.31. The first-order valence-electron chi connectivity index (χ1n) is 2.64. The van der Waals surface area contributed by atoms with E-state index in [4.69, 9.17) is 46.4 Å². The van der Waals surface area contributed by atoms with Gasteiger partial charge in [0.2, 0.25) is 0 Å². The summed E-state index contributed by atoms with van der Waals surface area (Å²) >= 11 is 21.8. The van der Waals surface area contributed by atoms with Crippen molar-refractivity contribution in [2.24, 2.45) is 0 Å². The van der Waals surface area contributed by atoms with Crippen LogP contribution in [0.15, 0.2) is 0 Å². The van der Waals surface area contributed by atoms with Gasteiger partial charge in [-0.25, -0.2) is 0 Å². The maximum Gasteiger partial charge on any atom is 0.325 e. The summed E-state index contributed by atoms with van der Waals surface area (Å²) in [4.78, 5) is 9.81. The summed E-state index contributed by atoms with van der Waals surface area (Å²) in [5.41, 5.74) is 0. The second-order valence-corrected chi connectivity index (χ2v) is 3.84. The van der Waals surface area contributed by atoms with Crippen LogP contribution >= 0.6 is 46.4 Å². The number of halogens is 4. The fourth-order valence-corrected chi connectivity index (χ4v) is 1.15. The van der Waals surface area contributed by atoms with Crippen molar-refractivity contribution in [3.05, 3.63) is 0 Å². The Hall–Kier alpha value is 0.630. The molecule has 2 nitrogen and oxygen atoms in total. The molecule has 0 N–H and O–H groups in total. The van der Waals surface area contributed by atoms with Gasteiger partial charge in [0.15, 0.2) is 0 Å². The molecular formula is C5H6Cl4O2. The summed E-state index contributed by atoms with van der Waals surface area (Å²) in [7, 11) is 1.21. The van der Waals surface area contributed by atoms with Gasteiger partial charge in [-0.3, -0.25) is 4.79 Å². The zero-order chi connectivity index (χ0) is 9.02. The Kier molecular flexibility index (Phi) is 5.61. The summed E-state index contributed by atoms with van der Waals surface area (Å²) in [6.07, 6.45) is 0. The smallest absolute Gasteiger partial charge is 0.325 e. The van der Waals surface area contributed by atoms with Crippen molar-refractivity contribution in [3.8, 4) is 0 Å². The third-order valence-corrected chi connectivity index (χ3v) is 2.83. The third-order valence-electron chi connectivity index (χ3n) is 0.947. The molecule has 0 rings (SSSR count). The molecule has 0 spiro atoms. The van der Waals surface area contributed by atoms with Gasteiger partial charge in [-0.15, -0.1) is 46.4 Å². The number of methoxy groups -OCH3 is 1. The Bertz CT molecular complexity index is 138. The van der Waals surface area contributed by atoms with Crippen molar-refractivity contribution in [1.29, 1.82) is 0 Å². The molecule has 2 atom stereocenters. The van der Waals surface area contributed by atoms with Crippen molar-refractivity contribution < 1.29 is 9.53 Å². The molecule has 0 bridgehead atoms. The molecule has 0 aliphatic rings. The number of carbonyl (C=O) groups excluding carboxylic acids is 1. The average Bonchev–Trinajstić information content (AvgIpc) is 2.00. The Morgan fingerprint density at radius 3 is 2.00 bits per heavy atom. The SMILES string of the molecule is COC(=O)C(Cl)C(Cl)C(Cl)Cl. The van der Waals surface area contributed by atoms with Gasteiger partial charge in [-0.05, 0) is 0 Å². The Morgan fingerprint density at radius 2 is 1.73 bits per heavy atom. The molecule has 0 heterocycles. The predicted molar refractivity (Wildman–Crippen MR) is 46.8 cm³/mol. The quantitative estimate of drug-likeness (QED) is 0.558. The molecule has 2 unspecified atom stereocenters. The van der Waals surface area contributed by atoms with Gasteiger partial charge in [0.25, 0.3) is 0 Å². The van der Waals surface area contributed by atoms with E-state index < -0.39 is 21.6 Å². The second kappa shape index (κ2) is 5.31. The van der Waals surface area contributed by atoms with Gasteiger partial charge >= 0.3 is 5.97 Å². The summed E-state index contributed by atoms with van der Waals surface area (Å²) in [5.74, 6) is -0.641. The number of esters is 1. The van der Waals surface area contributed by atoms with E-state index in [-0.39, 0.29) is 0 Å². The summed E-state index contributed by atoms with van der Waals surface area (Å²) in [6, 6.07) is 0. The molecule has 0 aromatic rings. The normalized spacial score (nSPS) is 16.2. The molecule has 0 saturated heterocycles. The lowest BCUT2D eigenvalue weighted by Gasteiger charge is -2.13. The first-order chi connectivity index (χ1) is 5.00. The number of hydrogen-bond acceptors (Lipinski definition) is 2. The zero-order valence-electron chi connectivity index (χ0n) is 5.56.